The van der Waals surface area contributed by atoms with Crippen molar-refractivity contribution in [3.8, 4) is 0 Å². The summed E-state index contributed by atoms with van der Waals surface area (Å²) < 4.78 is 26.9. The van der Waals surface area contributed by atoms with E-state index in [9.17, 15) is 8.42 Å². The van der Waals surface area contributed by atoms with E-state index in [4.69, 9.17) is 11.6 Å². The molecule has 0 saturated heterocycles. The molecule has 1 N–H and O–H groups in total. The van der Waals surface area contributed by atoms with E-state index < -0.39 is 10.0 Å². The molecule has 1 unspecified atom stereocenters. The predicted molar refractivity (Wildman–Crippen MR) is 68.6 cm³/mol. The Morgan fingerprint density at radius 2 is 2.19 bits per heavy atom. The van der Waals surface area contributed by atoms with E-state index in [2.05, 4.69) is 4.72 Å². The highest BCUT2D eigenvalue weighted by molar-refractivity contribution is 7.91. The zero-order chi connectivity index (χ0) is 12.2. The quantitative estimate of drug-likeness (QED) is 0.815. The van der Waals surface area contributed by atoms with Crippen LogP contribution >= 0.6 is 22.9 Å². The van der Waals surface area contributed by atoms with Crippen LogP contribution in [-0.4, -0.2) is 20.3 Å². The summed E-state index contributed by atoms with van der Waals surface area (Å²) in [6.07, 6.45) is 0.643. The number of rotatable bonds is 6. The monoisotopic (exact) mass is 281 g/mol. The number of alkyl halides is 1. The highest BCUT2D eigenvalue weighted by Gasteiger charge is 2.22. The third-order valence-electron chi connectivity index (χ3n) is 2.29. The summed E-state index contributed by atoms with van der Waals surface area (Å²) in [6, 6.07) is 3.22. The third-order valence-corrected chi connectivity index (χ3v) is 5.40. The zero-order valence-corrected chi connectivity index (χ0v) is 11.7. The molecule has 92 valence electrons. The zero-order valence-electron chi connectivity index (χ0n) is 9.31. The number of nitrogens with one attached hydrogen (secondary N) is 1. The van der Waals surface area contributed by atoms with Crippen LogP contribution in [0.5, 0.6) is 0 Å². The standard InChI is InChI=1S/C10H16ClNO2S2/c1-8(2)9(5-6-11)12-16(13,14)10-4-3-7-15-10/h3-4,7-9,12H,5-6H2,1-2H3. The van der Waals surface area contributed by atoms with Gasteiger partial charge in [0, 0.05) is 11.9 Å². The van der Waals surface area contributed by atoms with E-state index in [1.807, 2.05) is 13.8 Å². The highest BCUT2D eigenvalue weighted by Crippen LogP contribution is 2.18. The normalized spacial score (nSPS) is 14.2. The maximum Gasteiger partial charge on any atom is 0.250 e. The minimum Gasteiger partial charge on any atom is -0.207 e. The first-order chi connectivity index (χ1) is 7.47. The summed E-state index contributed by atoms with van der Waals surface area (Å²) >= 11 is 6.88. The minimum atomic E-state index is -3.37. The fourth-order valence-electron chi connectivity index (χ4n) is 1.32. The maximum atomic E-state index is 11.9. The van der Waals surface area contributed by atoms with Gasteiger partial charge in [-0.3, -0.25) is 0 Å². The van der Waals surface area contributed by atoms with Crippen LogP contribution in [0, 0.1) is 5.92 Å². The Balaban J connectivity index is 2.78. The van der Waals surface area contributed by atoms with E-state index in [0.29, 0.717) is 16.5 Å². The lowest BCUT2D eigenvalue weighted by Crippen LogP contribution is -2.38. The Bertz CT molecular complexity index is 400. The summed E-state index contributed by atoms with van der Waals surface area (Å²) in [4.78, 5) is 0. The lowest BCUT2D eigenvalue weighted by molar-refractivity contribution is 0.439. The van der Waals surface area contributed by atoms with E-state index in [-0.39, 0.29) is 12.0 Å². The molecule has 0 bridgehead atoms. The maximum absolute atomic E-state index is 11.9. The van der Waals surface area contributed by atoms with E-state index in [0.717, 1.165) is 0 Å². The topological polar surface area (TPSA) is 46.2 Å². The molecule has 0 amide bonds. The number of halogens is 1. The molecule has 1 aromatic heterocycles. The van der Waals surface area contributed by atoms with Crippen molar-refractivity contribution in [3.05, 3.63) is 17.5 Å². The predicted octanol–water partition coefficient (Wildman–Crippen LogP) is 2.68. The van der Waals surface area contributed by atoms with E-state index in [1.54, 1.807) is 17.5 Å². The molecule has 3 nitrogen and oxygen atoms in total. The second kappa shape index (κ2) is 6.00. The lowest BCUT2D eigenvalue weighted by atomic mass is 10.0. The summed E-state index contributed by atoms with van der Waals surface area (Å²) in [5, 5.41) is 1.75. The van der Waals surface area contributed by atoms with Crippen molar-refractivity contribution >= 4 is 33.0 Å². The Kier molecular flexibility index (Phi) is 5.24. The van der Waals surface area contributed by atoms with Crippen molar-refractivity contribution in [3.63, 3.8) is 0 Å². The Labute approximate surface area is 106 Å². The van der Waals surface area contributed by atoms with Gasteiger partial charge in [-0.1, -0.05) is 19.9 Å². The molecule has 0 radical (unpaired) electrons. The van der Waals surface area contributed by atoms with Crippen molar-refractivity contribution < 1.29 is 8.42 Å². The second-order valence-corrected chi connectivity index (χ2v) is 7.15. The van der Waals surface area contributed by atoms with Crippen molar-refractivity contribution in [2.45, 2.75) is 30.5 Å². The van der Waals surface area contributed by atoms with Crippen LogP contribution < -0.4 is 4.72 Å². The molecular formula is C10H16ClNO2S2. The van der Waals surface area contributed by atoms with Crippen molar-refractivity contribution in [1.82, 2.24) is 4.72 Å². The number of hydrogen-bond donors (Lipinski definition) is 1. The van der Waals surface area contributed by atoms with E-state index in [1.165, 1.54) is 11.3 Å². The Morgan fingerprint density at radius 1 is 1.50 bits per heavy atom. The molecule has 0 aromatic carbocycles. The van der Waals surface area contributed by atoms with Crippen LogP contribution in [0.1, 0.15) is 20.3 Å². The third kappa shape index (κ3) is 3.73. The van der Waals surface area contributed by atoms with Crippen LogP contribution in [0.25, 0.3) is 0 Å². The molecule has 0 aliphatic carbocycles. The van der Waals surface area contributed by atoms with Crippen LogP contribution in [0.3, 0.4) is 0 Å². The van der Waals surface area contributed by atoms with Crippen molar-refractivity contribution in [1.29, 1.82) is 0 Å². The molecule has 16 heavy (non-hydrogen) atoms. The molecule has 1 aromatic rings. The van der Waals surface area contributed by atoms with Gasteiger partial charge in [-0.05, 0) is 23.8 Å². The molecule has 1 heterocycles. The number of sulfonamides is 1. The first-order valence-electron chi connectivity index (χ1n) is 5.09. The van der Waals surface area contributed by atoms with Crippen LogP contribution in [-0.2, 0) is 10.0 Å². The van der Waals surface area contributed by atoms with Gasteiger partial charge in [-0.2, -0.15) is 0 Å². The van der Waals surface area contributed by atoms with Crippen molar-refractivity contribution in [2.24, 2.45) is 5.92 Å². The number of thiophene rings is 1. The fraction of sp³-hybridized carbons (Fsp3) is 0.600. The van der Waals surface area contributed by atoms with Gasteiger partial charge in [0.15, 0.2) is 0 Å². The van der Waals surface area contributed by atoms with Crippen LogP contribution in [0.15, 0.2) is 21.7 Å². The van der Waals surface area contributed by atoms with Crippen LogP contribution in [0.2, 0.25) is 0 Å². The Morgan fingerprint density at radius 3 is 2.62 bits per heavy atom. The fourth-order valence-corrected chi connectivity index (χ4v) is 3.98. The smallest absolute Gasteiger partial charge is 0.207 e. The molecular weight excluding hydrogens is 266 g/mol. The molecule has 1 rings (SSSR count). The van der Waals surface area contributed by atoms with E-state index >= 15 is 0 Å². The minimum absolute atomic E-state index is 0.107. The molecule has 6 heteroatoms. The molecule has 0 fully saturated rings. The van der Waals surface area contributed by atoms with Gasteiger partial charge in [-0.15, -0.1) is 22.9 Å². The van der Waals surface area contributed by atoms with Gasteiger partial charge in [0.1, 0.15) is 4.21 Å². The summed E-state index contributed by atoms with van der Waals surface area (Å²) in [7, 11) is -3.37. The lowest BCUT2D eigenvalue weighted by Gasteiger charge is -2.20. The van der Waals surface area contributed by atoms with Crippen molar-refractivity contribution in [2.75, 3.05) is 5.88 Å². The molecule has 1 atom stereocenters. The average Bonchev–Trinajstić information content (AvgIpc) is 2.69. The largest absolute Gasteiger partial charge is 0.250 e. The SMILES string of the molecule is CC(C)C(CCCl)NS(=O)(=O)c1cccs1. The van der Waals surface area contributed by atoms with Gasteiger partial charge < -0.3 is 0 Å². The second-order valence-electron chi connectivity index (χ2n) is 3.88. The molecule has 0 aliphatic rings. The molecule has 0 saturated carbocycles. The first-order valence-corrected chi connectivity index (χ1v) is 7.99. The first kappa shape index (κ1) is 14.0. The van der Waals surface area contributed by atoms with Gasteiger partial charge in [0.2, 0.25) is 10.0 Å². The Hall–Kier alpha value is -0.100. The van der Waals surface area contributed by atoms with Gasteiger partial charge in [0.05, 0.1) is 0 Å². The summed E-state index contributed by atoms with van der Waals surface area (Å²) in [5.74, 6) is 0.684. The highest BCUT2D eigenvalue weighted by atomic mass is 35.5. The van der Waals surface area contributed by atoms with Gasteiger partial charge >= 0.3 is 0 Å². The van der Waals surface area contributed by atoms with Gasteiger partial charge in [0.25, 0.3) is 0 Å². The molecule has 0 spiro atoms. The van der Waals surface area contributed by atoms with Crippen LogP contribution in [0.4, 0.5) is 0 Å². The summed E-state index contributed by atoms with van der Waals surface area (Å²) in [5.41, 5.74) is 0. The molecule has 0 aliphatic heterocycles. The number of hydrogen-bond acceptors (Lipinski definition) is 3. The summed E-state index contributed by atoms with van der Waals surface area (Å²) in [6.45, 7) is 3.96. The van der Waals surface area contributed by atoms with Gasteiger partial charge in [-0.25, -0.2) is 13.1 Å². The average molecular weight is 282 g/mol.